The summed E-state index contributed by atoms with van der Waals surface area (Å²) in [4.78, 5) is 14.8. The van der Waals surface area contributed by atoms with E-state index in [0.717, 1.165) is 22.3 Å². The number of benzene rings is 1. The molecule has 0 saturated heterocycles. The third kappa shape index (κ3) is 3.41. The Balaban J connectivity index is 2.17. The molecule has 1 aromatic carbocycles. The van der Waals surface area contributed by atoms with Crippen molar-refractivity contribution in [1.29, 1.82) is 0 Å². The standard InChI is InChI=1S/C15H17BrN2OS/c1-10-4-5-11(15(19)18(2)3)8-13(10)17-9-14-12(16)6-7-20-14/h4-8,17H,9H2,1-3H3. The third-order valence-corrected chi connectivity index (χ3v) is 4.95. The molecule has 20 heavy (non-hydrogen) atoms. The zero-order valence-electron chi connectivity index (χ0n) is 11.7. The van der Waals surface area contributed by atoms with Crippen LogP contribution in [-0.2, 0) is 6.54 Å². The van der Waals surface area contributed by atoms with Crippen molar-refractivity contribution in [2.45, 2.75) is 13.5 Å². The Morgan fingerprint density at radius 1 is 1.35 bits per heavy atom. The highest BCUT2D eigenvalue weighted by Gasteiger charge is 2.10. The van der Waals surface area contributed by atoms with Gasteiger partial charge in [-0.2, -0.15) is 0 Å². The van der Waals surface area contributed by atoms with Gasteiger partial charge in [0.25, 0.3) is 5.91 Å². The highest BCUT2D eigenvalue weighted by Crippen LogP contribution is 2.25. The van der Waals surface area contributed by atoms with Crippen LogP contribution in [0.3, 0.4) is 0 Å². The molecule has 0 spiro atoms. The maximum Gasteiger partial charge on any atom is 0.253 e. The van der Waals surface area contributed by atoms with E-state index in [4.69, 9.17) is 0 Å². The zero-order valence-corrected chi connectivity index (χ0v) is 14.1. The molecular formula is C15H17BrN2OS. The molecule has 1 amide bonds. The van der Waals surface area contributed by atoms with Gasteiger partial charge in [0, 0.05) is 34.7 Å². The van der Waals surface area contributed by atoms with Crippen molar-refractivity contribution in [2.24, 2.45) is 0 Å². The zero-order chi connectivity index (χ0) is 14.7. The topological polar surface area (TPSA) is 32.3 Å². The predicted molar refractivity (Wildman–Crippen MR) is 88.5 cm³/mol. The second-order valence-corrected chi connectivity index (χ2v) is 6.63. The Hall–Kier alpha value is -1.33. The quantitative estimate of drug-likeness (QED) is 0.896. The van der Waals surface area contributed by atoms with E-state index in [1.807, 2.05) is 31.2 Å². The predicted octanol–water partition coefficient (Wildman–Crippen LogP) is 4.13. The normalized spacial score (nSPS) is 10.4. The van der Waals surface area contributed by atoms with E-state index in [1.54, 1.807) is 30.3 Å². The smallest absolute Gasteiger partial charge is 0.253 e. The lowest BCUT2D eigenvalue weighted by atomic mass is 10.1. The Morgan fingerprint density at radius 2 is 2.10 bits per heavy atom. The average molecular weight is 353 g/mol. The summed E-state index contributed by atoms with van der Waals surface area (Å²) in [6.45, 7) is 2.79. The SMILES string of the molecule is Cc1ccc(C(=O)N(C)C)cc1NCc1sccc1Br. The number of halogens is 1. The highest BCUT2D eigenvalue weighted by atomic mass is 79.9. The minimum absolute atomic E-state index is 0.0188. The van der Waals surface area contributed by atoms with Gasteiger partial charge in [-0.3, -0.25) is 4.79 Å². The van der Waals surface area contributed by atoms with Crippen LogP contribution in [0, 0.1) is 6.92 Å². The average Bonchev–Trinajstić information content (AvgIpc) is 2.82. The number of hydrogen-bond donors (Lipinski definition) is 1. The molecule has 1 heterocycles. The first kappa shape index (κ1) is 15.1. The van der Waals surface area contributed by atoms with Crippen molar-refractivity contribution in [2.75, 3.05) is 19.4 Å². The Bertz CT molecular complexity index is 622. The summed E-state index contributed by atoms with van der Waals surface area (Å²) in [5, 5.41) is 5.46. The molecule has 0 bridgehead atoms. The lowest BCUT2D eigenvalue weighted by molar-refractivity contribution is 0.0827. The van der Waals surface area contributed by atoms with Gasteiger partial charge >= 0.3 is 0 Å². The number of hydrogen-bond acceptors (Lipinski definition) is 3. The molecule has 1 aromatic heterocycles. The summed E-state index contributed by atoms with van der Waals surface area (Å²) in [7, 11) is 3.52. The molecule has 0 unspecified atom stereocenters. The molecule has 2 aromatic rings. The number of thiophene rings is 1. The number of nitrogens with zero attached hydrogens (tertiary/aromatic N) is 1. The molecule has 0 aliphatic rings. The van der Waals surface area contributed by atoms with Crippen LogP contribution in [0.5, 0.6) is 0 Å². The second kappa shape index (κ2) is 6.41. The van der Waals surface area contributed by atoms with Gasteiger partial charge in [0.1, 0.15) is 0 Å². The molecular weight excluding hydrogens is 336 g/mol. The number of carbonyl (C=O) groups is 1. The largest absolute Gasteiger partial charge is 0.380 e. The molecule has 106 valence electrons. The number of amides is 1. The van der Waals surface area contributed by atoms with Gasteiger partial charge in [-0.1, -0.05) is 6.07 Å². The minimum atomic E-state index is 0.0188. The van der Waals surface area contributed by atoms with E-state index in [-0.39, 0.29) is 5.91 Å². The Morgan fingerprint density at radius 3 is 2.70 bits per heavy atom. The first-order valence-electron chi connectivity index (χ1n) is 6.27. The van der Waals surface area contributed by atoms with Crippen LogP contribution in [0.4, 0.5) is 5.69 Å². The number of anilines is 1. The minimum Gasteiger partial charge on any atom is -0.380 e. The van der Waals surface area contributed by atoms with Crippen LogP contribution >= 0.6 is 27.3 Å². The third-order valence-electron chi connectivity index (χ3n) is 3.02. The maximum atomic E-state index is 12.0. The number of nitrogens with one attached hydrogen (secondary N) is 1. The van der Waals surface area contributed by atoms with Gasteiger partial charge in [0.2, 0.25) is 0 Å². The van der Waals surface area contributed by atoms with Crippen LogP contribution < -0.4 is 5.32 Å². The van der Waals surface area contributed by atoms with E-state index in [0.29, 0.717) is 5.56 Å². The van der Waals surface area contributed by atoms with E-state index in [9.17, 15) is 4.79 Å². The fourth-order valence-electron chi connectivity index (χ4n) is 1.83. The van der Waals surface area contributed by atoms with Crippen LogP contribution in [0.1, 0.15) is 20.8 Å². The molecule has 0 aliphatic heterocycles. The molecule has 3 nitrogen and oxygen atoms in total. The van der Waals surface area contributed by atoms with E-state index in [2.05, 4.69) is 26.6 Å². The molecule has 5 heteroatoms. The number of carbonyl (C=O) groups excluding carboxylic acids is 1. The van der Waals surface area contributed by atoms with Crippen molar-refractivity contribution in [3.8, 4) is 0 Å². The van der Waals surface area contributed by atoms with Crippen LogP contribution in [0.2, 0.25) is 0 Å². The summed E-state index contributed by atoms with van der Waals surface area (Å²) in [5.41, 5.74) is 2.83. The van der Waals surface area contributed by atoms with Crippen LogP contribution in [0.15, 0.2) is 34.1 Å². The summed E-state index contributed by atoms with van der Waals surface area (Å²) in [5.74, 6) is 0.0188. The summed E-state index contributed by atoms with van der Waals surface area (Å²) in [6.07, 6.45) is 0. The molecule has 0 radical (unpaired) electrons. The van der Waals surface area contributed by atoms with E-state index in [1.165, 1.54) is 4.88 Å². The van der Waals surface area contributed by atoms with Crippen molar-refractivity contribution >= 4 is 38.9 Å². The van der Waals surface area contributed by atoms with E-state index < -0.39 is 0 Å². The Labute approximate surface area is 131 Å². The van der Waals surface area contributed by atoms with Crippen LogP contribution in [0.25, 0.3) is 0 Å². The molecule has 0 aliphatic carbocycles. The summed E-state index contributed by atoms with van der Waals surface area (Å²) >= 11 is 5.23. The molecule has 2 rings (SSSR count). The van der Waals surface area contributed by atoms with Gasteiger partial charge in [-0.25, -0.2) is 0 Å². The maximum absolute atomic E-state index is 12.0. The Kier molecular flexibility index (Phi) is 4.83. The summed E-state index contributed by atoms with van der Waals surface area (Å²) < 4.78 is 1.12. The van der Waals surface area contributed by atoms with Gasteiger partial charge in [-0.15, -0.1) is 11.3 Å². The molecule has 0 atom stereocenters. The molecule has 0 fully saturated rings. The van der Waals surface area contributed by atoms with Crippen LogP contribution in [-0.4, -0.2) is 24.9 Å². The fraction of sp³-hybridized carbons (Fsp3) is 0.267. The summed E-state index contributed by atoms with van der Waals surface area (Å²) in [6, 6.07) is 7.80. The van der Waals surface area contributed by atoms with Gasteiger partial charge < -0.3 is 10.2 Å². The van der Waals surface area contributed by atoms with Gasteiger partial charge in [0.05, 0.1) is 6.54 Å². The second-order valence-electron chi connectivity index (χ2n) is 4.77. The number of rotatable bonds is 4. The fourth-order valence-corrected chi connectivity index (χ4v) is 3.26. The van der Waals surface area contributed by atoms with Crippen molar-refractivity contribution in [1.82, 2.24) is 4.90 Å². The van der Waals surface area contributed by atoms with Crippen molar-refractivity contribution < 1.29 is 4.79 Å². The first-order valence-corrected chi connectivity index (χ1v) is 7.94. The van der Waals surface area contributed by atoms with Gasteiger partial charge in [0.15, 0.2) is 0 Å². The van der Waals surface area contributed by atoms with Crippen molar-refractivity contribution in [3.63, 3.8) is 0 Å². The van der Waals surface area contributed by atoms with Crippen molar-refractivity contribution in [3.05, 3.63) is 50.1 Å². The van der Waals surface area contributed by atoms with E-state index >= 15 is 0 Å². The van der Waals surface area contributed by atoms with Gasteiger partial charge in [-0.05, 0) is 52.0 Å². The first-order chi connectivity index (χ1) is 9.49. The lowest BCUT2D eigenvalue weighted by Gasteiger charge is -2.14. The highest BCUT2D eigenvalue weighted by molar-refractivity contribution is 9.10. The molecule has 0 saturated carbocycles. The number of aryl methyl sites for hydroxylation is 1. The lowest BCUT2D eigenvalue weighted by Crippen LogP contribution is -2.21. The molecule has 1 N–H and O–H groups in total. The monoisotopic (exact) mass is 352 g/mol.